The third kappa shape index (κ3) is 4.07. The van der Waals surface area contributed by atoms with E-state index in [2.05, 4.69) is 93.3 Å². The SMILES string of the molecule is CCc1nc(Cl)cc(C2[C@H]3CC(O[Si](c4ccccc4)(c4ccccc4)C(C)(C)C)C[C@@H]23)n1. The lowest BCUT2D eigenvalue weighted by Gasteiger charge is -2.45. The molecule has 172 valence electrons. The van der Waals surface area contributed by atoms with E-state index < -0.39 is 8.32 Å². The van der Waals surface area contributed by atoms with E-state index in [9.17, 15) is 0 Å². The molecule has 0 bridgehead atoms. The van der Waals surface area contributed by atoms with Gasteiger partial charge in [0.25, 0.3) is 8.32 Å². The van der Waals surface area contributed by atoms with Crippen molar-refractivity contribution in [2.24, 2.45) is 11.8 Å². The molecule has 0 amide bonds. The number of rotatable bonds is 6. The Kier molecular flexibility index (Phi) is 5.96. The third-order valence-corrected chi connectivity index (χ3v) is 12.9. The lowest BCUT2D eigenvalue weighted by molar-refractivity contribution is 0.177. The highest BCUT2D eigenvalue weighted by molar-refractivity contribution is 6.99. The molecule has 2 aromatic carbocycles. The average molecular weight is 477 g/mol. The summed E-state index contributed by atoms with van der Waals surface area (Å²) in [4.78, 5) is 9.15. The normalized spacial score (nSPS) is 24.5. The van der Waals surface area contributed by atoms with Gasteiger partial charge in [-0.1, -0.05) is 100.0 Å². The maximum Gasteiger partial charge on any atom is 0.261 e. The van der Waals surface area contributed by atoms with E-state index in [1.165, 1.54) is 10.4 Å². The summed E-state index contributed by atoms with van der Waals surface area (Å²) in [6.45, 7) is 9.14. The first-order valence-corrected chi connectivity index (χ1v) is 14.4. The van der Waals surface area contributed by atoms with Crippen LogP contribution in [0.2, 0.25) is 10.2 Å². The summed E-state index contributed by atoms with van der Waals surface area (Å²) in [5.41, 5.74) is 1.13. The van der Waals surface area contributed by atoms with Crippen LogP contribution in [0.4, 0.5) is 0 Å². The molecular weight excluding hydrogens is 444 g/mol. The smallest absolute Gasteiger partial charge is 0.261 e. The maximum absolute atomic E-state index is 7.37. The van der Waals surface area contributed by atoms with E-state index >= 15 is 0 Å². The highest BCUT2D eigenvalue weighted by atomic mass is 35.5. The minimum Gasteiger partial charge on any atom is -0.404 e. The molecule has 2 saturated carbocycles. The second-order valence-electron chi connectivity index (χ2n) is 10.6. The topological polar surface area (TPSA) is 35.0 Å². The molecule has 2 unspecified atom stereocenters. The van der Waals surface area contributed by atoms with Crippen LogP contribution < -0.4 is 10.4 Å². The number of nitrogens with zero attached hydrogens (tertiary/aromatic N) is 2. The number of aryl methyl sites for hydroxylation is 1. The van der Waals surface area contributed by atoms with E-state index in [0.717, 1.165) is 30.8 Å². The predicted molar refractivity (Wildman–Crippen MR) is 138 cm³/mol. The van der Waals surface area contributed by atoms with Crippen molar-refractivity contribution in [1.82, 2.24) is 9.97 Å². The lowest BCUT2D eigenvalue weighted by Crippen LogP contribution is -2.67. The van der Waals surface area contributed by atoms with Gasteiger partial charge in [-0.15, -0.1) is 0 Å². The highest BCUT2D eigenvalue weighted by Crippen LogP contribution is 2.63. The molecule has 1 aromatic heterocycles. The first-order valence-electron chi connectivity index (χ1n) is 12.2. The first-order chi connectivity index (χ1) is 15.8. The van der Waals surface area contributed by atoms with Gasteiger partial charge in [0.15, 0.2) is 0 Å². The maximum atomic E-state index is 7.37. The van der Waals surface area contributed by atoms with Crippen LogP contribution in [0, 0.1) is 11.8 Å². The second-order valence-corrected chi connectivity index (χ2v) is 15.3. The van der Waals surface area contributed by atoms with Crippen LogP contribution in [0.3, 0.4) is 0 Å². The minimum atomic E-state index is -2.50. The van der Waals surface area contributed by atoms with E-state index in [0.29, 0.717) is 22.9 Å². The molecule has 0 radical (unpaired) electrons. The lowest BCUT2D eigenvalue weighted by atomic mass is 10.1. The number of benzene rings is 2. The fraction of sp³-hybridized carbons (Fsp3) is 0.429. The molecule has 2 fully saturated rings. The summed E-state index contributed by atoms with van der Waals surface area (Å²) >= 11 is 6.29. The fourth-order valence-corrected chi connectivity index (χ4v) is 11.0. The third-order valence-electron chi connectivity index (χ3n) is 7.58. The minimum absolute atomic E-state index is 0.0120. The van der Waals surface area contributed by atoms with Crippen LogP contribution in [0.5, 0.6) is 0 Å². The summed E-state index contributed by atoms with van der Waals surface area (Å²) in [5, 5.41) is 3.30. The molecule has 0 N–H and O–H groups in total. The van der Waals surface area contributed by atoms with Gasteiger partial charge in [-0.2, -0.15) is 0 Å². The Balaban J connectivity index is 1.43. The molecule has 0 saturated heterocycles. The number of hydrogen-bond acceptors (Lipinski definition) is 3. The Morgan fingerprint density at radius 2 is 1.45 bits per heavy atom. The van der Waals surface area contributed by atoms with Crippen LogP contribution in [0.25, 0.3) is 0 Å². The van der Waals surface area contributed by atoms with Gasteiger partial charge in [0.05, 0.1) is 0 Å². The molecule has 5 rings (SSSR count). The van der Waals surface area contributed by atoms with Crippen LogP contribution >= 0.6 is 11.6 Å². The molecule has 33 heavy (non-hydrogen) atoms. The first kappa shape index (κ1) is 22.8. The van der Waals surface area contributed by atoms with Gasteiger partial charge < -0.3 is 4.43 Å². The largest absolute Gasteiger partial charge is 0.404 e. The van der Waals surface area contributed by atoms with Crippen LogP contribution in [-0.4, -0.2) is 24.4 Å². The number of aromatic nitrogens is 2. The Labute approximate surface area is 203 Å². The van der Waals surface area contributed by atoms with Crippen molar-refractivity contribution in [2.45, 2.75) is 64.0 Å². The Morgan fingerprint density at radius 3 is 1.94 bits per heavy atom. The van der Waals surface area contributed by atoms with Crippen LogP contribution in [0.1, 0.15) is 58.0 Å². The molecule has 2 aliphatic rings. The summed E-state index contributed by atoms with van der Waals surface area (Å²) < 4.78 is 7.37. The van der Waals surface area contributed by atoms with Crippen molar-refractivity contribution < 1.29 is 4.43 Å². The molecule has 0 aliphatic heterocycles. The van der Waals surface area contributed by atoms with E-state index in [4.69, 9.17) is 21.0 Å². The number of halogens is 1. The van der Waals surface area contributed by atoms with E-state index in [1.807, 2.05) is 6.07 Å². The van der Waals surface area contributed by atoms with Crippen molar-refractivity contribution in [3.63, 3.8) is 0 Å². The van der Waals surface area contributed by atoms with Crippen LogP contribution in [0.15, 0.2) is 66.7 Å². The zero-order chi connectivity index (χ0) is 23.2. The molecular formula is C28H33ClN2OSi. The Bertz CT molecular complexity index is 1060. The molecule has 3 nitrogen and oxygen atoms in total. The van der Waals surface area contributed by atoms with Gasteiger partial charge in [-0.3, -0.25) is 0 Å². The van der Waals surface area contributed by atoms with Crippen LogP contribution in [-0.2, 0) is 10.8 Å². The Hall–Kier alpha value is -2.01. The zero-order valence-corrected chi connectivity index (χ0v) is 21.7. The summed E-state index contributed by atoms with van der Waals surface area (Å²) in [6.07, 6.45) is 3.30. The fourth-order valence-electron chi connectivity index (χ4n) is 6.08. The summed E-state index contributed by atoms with van der Waals surface area (Å²) in [5.74, 6) is 2.64. The molecule has 3 aromatic rings. The average Bonchev–Trinajstić information content (AvgIpc) is 3.32. The Morgan fingerprint density at radius 1 is 0.909 bits per heavy atom. The van der Waals surface area contributed by atoms with E-state index in [1.54, 1.807) is 0 Å². The van der Waals surface area contributed by atoms with Gasteiger partial charge in [0.2, 0.25) is 0 Å². The van der Waals surface area contributed by atoms with Crippen molar-refractivity contribution in [2.75, 3.05) is 0 Å². The van der Waals surface area contributed by atoms with Gasteiger partial charge in [-0.25, -0.2) is 9.97 Å². The predicted octanol–water partition coefficient (Wildman–Crippen LogP) is 5.76. The molecule has 1 heterocycles. The summed E-state index contributed by atoms with van der Waals surface area (Å²) in [7, 11) is -2.50. The molecule has 5 heteroatoms. The molecule has 2 aliphatic carbocycles. The van der Waals surface area contributed by atoms with Crippen molar-refractivity contribution in [1.29, 1.82) is 0 Å². The monoisotopic (exact) mass is 476 g/mol. The number of fused-ring (bicyclic) bond motifs is 1. The quantitative estimate of drug-likeness (QED) is 0.335. The second kappa shape index (κ2) is 8.64. The van der Waals surface area contributed by atoms with Gasteiger partial charge in [0, 0.05) is 24.1 Å². The number of hydrogen-bond donors (Lipinski definition) is 0. The van der Waals surface area contributed by atoms with Gasteiger partial charge in [-0.05, 0) is 46.2 Å². The van der Waals surface area contributed by atoms with Crippen molar-refractivity contribution in [3.05, 3.63) is 83.4 Å². The van der Waals surface area contributed by atoms with E-state index in [-0.39, 0.29) is 11.1 Å². The van der Waals surface area contributed by atoms with Crippen molar-refractivity contribution in [3.8, 4) is 0 Å². The standard InChI is InChI=1S/C28H33ClN2OSi/c1-5-26-30-24(18-25(29)31-26)27-22-16-19(17-23(22)27)32-33(28(2,3)4,20-12-8-6-9-13-20)21-14-10-7-11-15-21/h6-15,18-19,22-23,27H,5,16-17H2,1-4H3/t19?,22-,23+,27?. The molecule has 0 spiro atoms. The zero-order valence-electron chi connectivity index (χ0n) is 20.0. The summed E-state index contributed by atoms with van der Waals surface area (Å²) in [6, 6.07) is 23.9. The van der Waals surface area contributed by atoms with Gasteiger partial charge in [0.1, 0.15) is 11.0 Å². The molecule has 4 atom stereocenters. The van der Waals surface area contributed by atoms with Gasteiger partial charge >= 0.3 is 0 Å². The highest BCUT2D eigenvalue weighted by Gasteiger charge is 2.60. The van der Waals surface area contributed by atoms with Crippen molar-refractivity contribution >= 4 is 30.3 Å².